The molecule has 0 atom stereocenters. The third kappa shape index (κ3) is 6.55. The molecule has 0 unspecified atom stereocenters. The fraction of sp³-hybridized carbons (Fsp3) is 0. The number of aromatic nitrogens is 4. The molecule has 9 rings (SSSR count). The minimum atomic E-state index is -1.04. The molecular formula is C47H30N4O6S. The molecule has 2 aliphatic heterocycles. The van der Waals surface area contributed by atoms with Gasteiger partial charge in [-0.15, -0.1) is 12.6 Å². The van der Waals surface area contributed by atoms with Gasteiger partial charge in [-0.1, -0.05) is 48.5 Å². The largest absolute Gasteiger partial charge is 0.478 e. The van der Waals surface area contributed by atoms with Gasteiger partial charge in [-0.05, 0) is 119 Å². The van der Waals surface area contributed by atoms with Gasteiger partial charge < -0.3 is 25.3 Å². The lowest BCUT2D eigenvalue weighted by molar-refractivity contribution is 0.0686. The van der Waals surface area contributed by atoms with Crippen LogP contribution >= 0.6 is 12.6 Å². The minimum absolute atomic E-state index is 0.139. The van der Waals surface area contributed by atoms with Crippen LogP contribution in [0.25, 0.3) is 90.9 Å². The second-order valence-electron chi connectivity index (χ2n) is 13.7. The highest BCUT2D eigenvalue weighted by Gasteiger charge is 2.20. The summed E-state index contributed by atoms with van der Waals surface area (Å²) in [4.78, 5) is 53.9. The van der Waals surface area contributed by atoms with E-state index in [2.05, 4.69) is 22.6 Å². The third-order valence-electron chi connectivity index (χ3n) is 10.2. The number of aromatic amines is 2. The first-order chi connectivity index (χ1) is 28.1. The van der Waals surface area contributed by atoms with Crippen molar-refractivity contribution >= 4 is 76.9 Å². The van der Waals surface area contributed by atoms with Gasteiger partial charge in [0, 0.05) is 49.2 Å². The van der Waals surface area contributed by atoms with Gasteiger partial charge in [0.05, 0.1) is 39.5 Å². The molecular weight excluding hydrogens is 749 g/mol. The van der Waals surface area contributed by atoms with E-state index in [0.29, 0.717) is 44.9 Å². The number of hydrogen-bond acceptors (Lipinski definition) is 6. The molecule has 11 heteroatoms. The van der Waals surface area contributed by atoms with Crippen molar-refractivity contribution in [1.29, 1.82) is 0 Å². The number of carboxylic acid groups (broad SMARTS) is 3. The number of H-pyrrole nitrogens is 2. The van der Waals surface area contributed by atoms with E-state index in [1.54, 1.807) is 72.8 Å². The number of nitrogens with zero attached hydrogens (tertiary/aromatic N) is 2. The van der Waals surface area contributed by atoms with Crippen LogP contribution in [-0.4, -0.2) is 53.2 Å². The predicted octanol–water partition coefficient (Wildman–Crippen LogP) is 10.7. The number of fused-ring (bicyclic) bond motifs is 8. The smallest absolute Gasteiger partial charge is 0.335 e. The van der Waals surface area contributed by atoms with Crippen molar-refractivity contribution in [2.45, 2.75) is 4.90 Å². The van der Waals surface area contributed by atoms with Crippen LogP contribution in [0.5, 0.6) is 0 Å². The third-order valence-corrected chi connectivity index (χ3v) is 10.5. The Bertz CT molecular complexity index is 3010. The molecule has 58 heavy (non-hydrogen) atoms. The van der Waals surface area contributed by atoms with Crippen molar-refractivity contribution in [3.63, 3.8) is 0 Å². The van der Waals surface area contributed by atoms with Crippen LogP contribution in [0, 0.1) is 0 Å². The van der Waals surface area contributed by atoms with E-state index in [-0.39, 0.29) is 16.7 Å². The van der Waals surface area contributed by atoms with Crippen molar-refractivity contribution in [3.05, 3.63) is 161 Å². The lowest BCUT2D eigenvalue weighted by atomic mass is 10.0. The second kappa shape index (κ2) is 14.4. The zero-order valence-corrected chi connectivity index (χ0v) is 31.2. The summed E-state index contributed by atoms with van der Waals surface area (Å²) in [6, 6.07) is 35.5. The van der Waals surface area contributed by atoms with Gasteiger partial charge in [0.25, 0.3) is 0 Å². The Morgan fingerprint density at radius 2 is 0.621 bits per heavy atom. The van der Waals surface area contributed by atoms with Gasteiger partial charge in [0.1, 0.15) is 0 Å². The molecule has 0 radical (unpaired) electrons. The molecule has 0 saturated carbocycles. The normalized spacial score (nSPS) is 11.8. The standard InChI is InChI=1S/C47H30N4O6S/c52-45(53)29-7-1-25(2-8-29)41-33-17-19-35(48-33)42(26-3-9-30(10-4-26)46(54)55)37-21-23-39(50-37)44(28-13-15-32(58)16-14-28)40-24-22-38(51-40)43(36-20-18-34(41)49-36)27-5-11-31(12-6-27)47(56)57/h1-24,48,51,58H,(H,52,53)(H,54,55)(H,56,57). The predicted molar refractivity (Wildman–Crippen MR) is 229 cm³/mol. The number of rotatable bonds is 7. The number of nitrogens with one attached hydrogen (secondary N) is 2. The molecule has 0 amide bonds. The topological polar surface area (TPSA) is 169 Å². The summed E-state index contributed by atoms with van der Waals surface area (Å²) < 4.78 is 0. The molecule has 0 saturated heterocycles. The Kier molecular flexibility index (Phi) is 8.91. The van der Waals surface area contributed by atoms with Gasteiger partial charge in [-0.2, -0.15) is 0 Å². The van der Waals surface area contributed by atoms with Crippen molar-refractivity contribution in [2.75, 3.05) is 0 Å². The van der Waals surface area contributed by atoms with Crippen LogP contribution in [0.2, 0.25) is 0 Å². The van der Waals surface area contributed by atoms with E-state index < -0.39 is 17.9 Å². The van der Waals surface area contributed by atoms with E-state index in [1.807, 2.05) is 72.8 Å². The Labute approximate surface area is 335 Å². The van der Waals surface area contributed by atoms with Crippen molar-refractivity contribution in [1.82, 2.24) is 19.9 Å². The highest BCUT2D eigenvalue weighted by atomic mass is 32.1. The van der Waals surface area contributed by atoms with E-state index in [4.69, 9.17) is 9.97 Å². The maximum Gasteiger partial charge on any atom is 0.335 e. The molecule has 7 aromatic rings. The summed E-state index contributed by atoms with van der Waals surface area (Å²) in [6.07, 6.45) is 7.70. The molecule has 0 aliphatic carbocycles. The summed E-state index contributed by atoms with van der Waals surface area (Å²) >= 11 is 4.53. The van der Waals surface area contributed by atoms with Gasteiger partial charge >= 0.3 is 17.9 Å². The van der Waals surface area contributed by atoms with Gasteiger partial charge in [-0.3, -0.25) is 0 Å². The summed E-state index contributed by atoms with van der Waals surface area (Å²) in [5.41, 5.74) is 11.9. The lowest BCUT2D eigenvalue weighted by Crippen LogP contribution is -1.96. The molecule has 0 fully saturated rings. The average Bonchev–Trinajstić information content (AvgIpc) is 4.07. The molecule has 0 spiro atoms. The van der Waals surface area contributed by atoms with Crippen LogP contribution in [0.4, 0.5) is 0 Å². The highest BCUT2D eigenvalue weighted by Crippen LogP contribution is 2.38. The minimum Gasteiger partial charge on any atom is -0.478 e. The van der Waals surface area contributed by atoms with Crippen LogP contribution in [0.1, 0.15) is 53.8 Å². The Balaban J connectivity index is 1.44. The molecule has 4 aromatic carbocycles. The first kappa shape index (κ1) is 35.9. The van der Waals surface area contributed by atoms with Crippen molar-refractivity contribution in [2.24, 2.45) is 0 Å². The van der Waals surface area contributed by atoms with E-state index >= 15 is 0 Å². The SMILES string of the molecule is O=C(O)c1ccc(-c2c3nc(c(-c4ccc(C(=O)O)cc4)c4ccc([nH]4)c(-c4ccc(C(=O)O)cc4)c4nc(c(-c5ccc(S)cc5)c5ccc2[nH]5)C=C4)C=C3)cc1. The maximum atomic E-state index is 11.8. The maximum absolute atomic E-state index is 11.8. The summed E-state index contributed by atoms with van der Waals surface area (Å²) in [6.45, 7) is 0. The Morgan fingerprint density at radius 3 is 0.862 bits per heavy atom. The van der Waals surface area contributed by atoms with E-state index in [9.17, 15) is 29.7 Å². The van der Waals surface area contributed by atoms with E-state index in [1.165, 1.54) is 0 Å². The van der Waals surface area contributed by atoms with Crippen molar-refractivity contribution in [3.8, 4) is 44.5 Å². The van der Waals surface area contributed by atoms with Crippen LogP contribution < -0.4 is 0 Å². The molecule has 8 bridgehead atoms. The summed E-state index contributed by atoms with van der Waals surface area (Å²) in [7, 11) is 0. The summed E-state index contributed by atoms with van der Waals surface area (Å²) in [5.74, 6) is -3.11. The molecule has 280 valence electrons. The van der Waals surface area contributed by atoms with Crippen LogP contribution in [0.15, 0.2) is 126 Å². The number of hydrogen-bond donors (Lipinski definition) is 6. The molecule has 2 aliphatic rings. The zero-order chi connectivity index (χ0) is 40.1. The number of benzene rings is 4. The lowest BCUT2D eigenvalue weighted by Gasteiger charge is -2.08. The molecule has 3 aromatic heterocycles. The van der Waals surface area contributed by atoms with Crippen molar-refractivity contribution < 1.29 is 29.7 Å². The fourth-order valence-corrected chi connectivity index (χ4v) is 7.54. The fourth-order valence-electron chi connectivity index (χ4n) is 7.39. The number of thiol groups is 1. The Hall–Kier alpha value is -7.76. The summed E-state index contributed by atoms with van der Waals surface area (Å²) in [5, 5.41) is 29.0. The van der Waals surface area contributed by atoms with Gasteiger partial charge in [-0.25, -0.2) is 24.4 Å². The number of carboxylic acids is 3. The van der Waals surface area contributed by atoms with Gasteiger partial charge in [0.2, 0.25) is 0 Å². The number of carbonyl (C=O) groups is 3. The number of aromatic carboxylic acids is 3. The zero-order valence-electron chi connectivity index (χ0n) is 30.3. The second-order valence-corrected chi connectivity index (χ2v) is 14.2. The molecule has 10 nitrogen and oxygen atoms in total. The molecule has 5 N–H and O–H groups in total. The first-order valence-corrected chi connectivity index (χ1v) is 18.5. The quantitative estimate of drug-likeness (QED) is 0.0869. The van der Waals surface area contributed by atoms with Crippen LogP contribution in [0.3, 0.4) is 0 Å². The first-order valence-electron chi connectivity index (χ1n) is 18.1. The van der Waals surface area contributed by atoms with Gasteiger partial charge in [0.15, 0.2) is 0 Å². The average molecular weight is 779 g/mol. The highest BCUT2D eigenvalue weighted by molar-refractivity contribution is 7.80. The monoisotopic (exact) mass is 778 g/mol. The molecule has 5 heterocycles. The Morgan fingerprint density at radius 1 is 0.379 bits per heavy atom. The van der Waals surface area contributed by atoms with Crippen LogP contribution in [-0.2, 0) is 0 Å². The van der Waals surface area contributed by atoms with E-state index in [0.717, 1.165) is 49.3 Å².